The van der Waals surface area contributed by atoms with Gasteiger partial charge in [0.05, 0.1) is 0 Å². The summed E-state index contributed by atoms with van der Waals surface area (Å²) < 4.78 is 79.0. The molecule has 0 saturated carbocycles. The lowest BCUT2D eigenvalue weighted by Gasteiger charge is -2.23. The van der Waals surface area contributed by atoms with Crippen LogP contribution in [0.15, 0.2) is 0 Å². The molecule has 1 heterocycles. The van der Waals surface area contributed by atoms with E-state index in [-0.39, 0.29) is 17.9 Å². The van der Waals surface area contributed by atoms with E-state index in [2.05, 4.69) is 30.3 Å². The molecule has 23 heavy (non-hydrogen) atoms. The highest BCUT2D eigenvalue weighted by Gasteiger charge is 2.59. The molecule has 12 heteroatoms. The monoisotopic (exact) mass is 347 g/mol. The Bertz CT molecular complexity index is 507. The summed E-state index contributed by atoms with van der Waals surface area (Å²) in [6, 6.07) is -1.24. The molecule has 0 aliphatic rings. The molecule has 0 bridgehead atoms. The van der Waals surface area contributed by atoms with Gasteiger partial charge in [0.2, 0.25) is 11.9 Å². The van der Waals surface area contributed by atoms with Crippen molar-refractivity contribution in [2.45, 2.75) is 44.8 Å². The van der Waals surface area contributed by atoms with E-state index < -0.39 is 24.5 Å². The average molecular weight is 347 g/mol. The van der Waals surface area contributed by atoms with Gasteiger partial charge >= 0.3 is 18.4 Å². The van der Waals surface area contributed by atoms with E-state index in [1.165, 1.54) is 7.05 Å². The summed E-state index contributed by atoms with van der Waals surface area (Å²) in [5.74, 6) is -0.430. The molecule has 6 nitrogen and oxygen atoms in total. The second kappa shape index (κ2) is 7.04. The van der Waals surface area contributed by atoms with Gasteiger partial charge in [-0.05, 0) is 13.3 Å². The zero-order chi connectivity index (χ0) is 17.8. The first-order valence-electron chi connectivity index (χ1n) is 6.47. The van der Waals surface area contributed by atoms with Crippen LogP contribution >= 0.6 is 0 Å². The van der Waals surface area contributed by atoms with Crippen LogP contribution in [0.1, 0.15) is 20.3 Å². The first kappa shape index (κ1) is 19.0. The summed E-state index contributed by atoms with van der Waals surface area (Å²) in [5.41, 5.74) is 0. The molecular formula is C11H15F6N5O. The van der Waals surface area contributed by atoms with Gasteiger partial charge in [0.1, 0.15) is 0 Å². The second-order valence-electron chi connectivity index (χ2n) is 4.55. The lowest BCUT2D eigenvalue weighted by atomic mass is 10.3. The summed E-state index contributed by atoms with van der Waals surface area (Å²) in [6.07, 6.45) is -14.7. The van der Waals surface area contributed by atoms with Gasteiger partial charge in [-0.3, -0.25) is 0 Å². The molecule has 0 radical (unpaired) electrons. The van der Waals surface area contributed by atoms with E-state index >= 15 is 0 Å². The van der Waals surface area contributed by atoms with Gasteiger partial charge in [-0.25, -0.2) is 0 Å². The van der Waals surface area contributed by atoms with Crippen LogP contribution in [0.5, 0.6) is 6.01 Å². The lowest BCUT2D eigenvalue weighted by molar-refractivity contribution is -0.301. The number of alkyl halides is 6. The molecule has 0 aliphatic carbocycles. The molecule has 1 atom stereocenters. The van der Waals surface area contributed by atoms with Crippen molar-refractivity contribution < 1.29 is 31.1 Å². The minimum Gasteiger partial charge on any atom is -0.440 e. The molecule has 1 rings (SSSR count). The Labute approximate surface area is 127 Å². The fourth-order valence-electron chi connectivity index (χ4n) is 1.33. The number of rotatable bonds is 6. The minimum absolute atomic E-state index is 0.156. The van der Waals surface area contributed by atoms with Gasteiger partial charge in [0.15, 0.2) is 0 Å². The zero-order valence-corrected chi connectivity index (χ0v) is 12.4. The molecule has 1 aromatic rings. The predicted octanol–water partition coefficient (Wildman–Crippen LogP) is 3.00. The van der Waals surface area contributed by atoms with Crippen molar-refractivity contribution in [3.8, 4) is 6.01 Å². The number of nitrogens with zero attached hydrogens (tertiary/aromatic N) is 3. The van der Waals surface area contributed by atoms with E-state index in [4.69, 9.17) is 0 Å². The Morgan fingerprint density at radius 3 is 1.96 bits per heavy atom. The summed E-state index contributed by atoms with van der Waals surface area (Å²) in [7, 11) is 1.34. The number of aromatic nitrogens is 3. The van der Waals surface area contributed by atoms with Crippen LogP contribution in [-0.4, -0.2) is 46.5 Å². The number of ether oxygens (including phenoxy) is 1. The van der Waals surface area contributed by atoms with Crippen LogP contribution in [0.25, 0.3) is 0 Å². The largest absolute Gasteiger partial charge is 0.440 e. The maximum Gasteiger partial charge on any atom is 0.434 e. The maximum atomic E-state index is 12.5. The van der Waals surface area contributed by atoms with Crippen LogP contribution in [0.3, 0.4) is 0 Å². The van der Waals surface area contributed by atoms with E-state index in [9.17, 15) is 26.3 Å². The lowest BCUT2D eigenvalue weighted by Crippen LogP contribution is -2.47. The first-order valence-corrected chi connectivity index (χ1v) is 6.47. The molecule has 0 saturated heterocycles. The number of halogens is 6. The Balaban J connectivity index is 3.12. The number of hydrogen-bond donors (Lipinski definition) is 2. The average Bonchev–Trinajstić information content (AvgIpc) is 2.41. The standard InChI is InChI=1S/C11H15F6N5O/c1-4-5(2)19-8-20-7(18-3)21-9(22-8)23-6(10(12,13)14)11(15,16)17/h5-6H,4H2,1-3H3,(H2,18,19,20,21,22). The number of anilines is 2. The molecule has 0 amide bonds. The Hall–Kier alpha value is -2.01. The van der Waals surface area contributed by atoms with Crippen LogP contribution in [0.4, 0.5) is 38.2 Å². The van der Waals surface area contributed by atoms with Crippen LogP contribution in [0.2, 0.25) is 0 Å². The van der Waals surface area contributed by atoms with E-state index in [1.807, 2.05) is 6.92 Å². The first-order chi connectivity index (χ1) is 10.5. The van der Waals surface area contributed by atoms with E-state index in [1.54, 1.807) is 6.92 Å². The van der Waals surface area contributed by atoms with Crippen molar-refractivity contribution in [3.63, 3.8) is 0 Å². The quantitative estimate of drug-likeness (QED) is 0.771. The smallest absolute Gasteiger partial charge is 0.434 e. The second-order valence-corrected chi connectivity index (χ2v) is 4.55. The normalized spacial score (nSPS) is 13.8. The summed E-state index contributed by atoms with van der Waals surface area (Å²) in [5, 5.41) is 5.12. The Morgan fingerprint density at radius 2 is 1.52 bits per heavy atom. The van der Waals surface area contributed by atoms with Crippen molar-refractivity contribution >= 4 is 11.9 Å². The Kier molecular flexibility index (Phi) is 5.83. The van der Waals surface area contributed by atoms with Gasteiger partial charge < -0.3 is 15.4 Å². The van der Waals surface area contributed by atoms with E-state index in [0.29, 0.717) is 6.42 Å². The van der Waals surface area contributed by atoms with Gasteiger partial charge in [-0.2, -0.15) is 41.3 Å². The zero-order valence-electron chi connectivity index (χ0n) is 12.4. The molecule has 0 spiro atoms. The van der Waals surface area contributed by atoms with Gasteiger partial charge in [-0.1, -0.05) is 6.92 Å². The highest BCUT2D eigenvalue weighted by Crippen LogP contribution is 2.35. The molecule has 2 N–H and O–H groups in total. The van der Waals surface area contributed by atoms with Crippen molar-refractivity contribution in [1.29, 1.82) is 0 Å². The molecule has 1 aromatic heterocycles. The minimum atomic E-state index is -5.66. The van der Waals surface area contributed by atoms with Crippen molar-refractivity contribution in [2.24, 2.45) is 0 Å². The molecule has 0 aromatic carbocycles. The number of hydrogen-bond acceptors (Lipinski definition) is 6. The fourth-order valence-corrected chi connectivity index (χ4v) is 1.33. The summed E-state index contributed by atoms with van der Waals surface area (Å²) >= 11 is 0. The van der Waals surface area contributed by atoms with Crippen LogP contribution in [0, 0.1) is 0 Å². The maximum absolute atomic E-state index is 12.5. The van der Waals surface area contributed by atoms with Crippen molar-refractivity contribution in [3.05, 3.63) is 0 Å². The topological polar surface area (TPSA) is 72.0 Å². The number of nitrogens with one attached hydrogen (secondary N) is 2. The predicted molar refractivity (Wildman–Crippen MR) is 69.3 cm³/mol. The van der Waals surface area contributed by atoms with Crippen molar-refractivity contribution in [1.82, 2.24) is 15.0 Å². The third-order valence-electron chi connectivity index (χ3n) is 2.64. The molecule has 1 unspecified atom stereocenters. The summed E-state index contributed by atoms with van der Waals surface area (Å²) in [6.45, 7) is 3.55. The SMILES string of the molecule is CCC(C)Nc1nc(NC)nc(OC(C(F)(F)F)C(F)(F)F)n1. The van der Waals surface area contributed by atoms with E-state index in [0.717, 1.165) is 0 Å². The van der Waals surface area contributed by atoms with Crippen molar-refractivity contribution in [2.75, 3.05) is 17.7 Å². The van der Waals surface area contributed by atoms with Gasteiger partial charge in [0.25, 0.3) is 6.10 Å². The molecule has 132 valence electrons. The molecule has 0 aliphatic heterocycles. The van der Waals surface area contributed by atoms with Crippen LogP contribution < -0.4 is 15.4 Å². The van der Waals surface area contributed by atoms with Gasteiger partial charge in [0, 0.05) is 13.1 Å². The highest BCUT2D eigenvalue weighted by molar-refractivity contribution is 5.36. The third kappa shape index (κ3) is 5.60. The van der Waals surface area contributed by atoms with Crippen LogP contribution in [-0.2, 0) is 0 Å². The Morgan fingerprint density at radius 1 is 1.00 bits per heavy atom. The fraction of sp³-hybridized carbons (Fsp3) is 0.727. The highest BCUT2D eigenvalue weighted by atomic mass is 19.4. The third-order valence-corrected chi connectivity index (χ3v) is 2.64. The summed E-state index contributed by atoms with van der Waals surface area (Å²) in [4.78, 5) is 10.6. The molecular weight excluding hydrogens is 332 g/mol. The van der Waals surface area contributed by atoms with Gasteiger partial charge in [-0.15, -0.1) is 0 Å². The molecule has 0 fully saturated rings.